The molecule has 3 rings (SSSR count). The summed E-state index contributed by atoms with van der Waals surface area (Å²) < 4.78 is 14.2. The first-order valence-corrected chi connectivity index (χ1v) is 7.20. The number of nitrogens with one attached hydrogen (secondary N) is 1. The Morgan fingerprint density at radius 3 is 2.71 bits per heavy atom. The lowest BCUT2D eigenvalue weighted by Gasteiger charge is -2.28. The summed E-state index contributed by atoms with van der Waals surface area (Å²) in [5.74, 6) is -0.825. The van der Waals surface area contributed by atoms with E-state index < -0.39 is 0 Å². The molecule has 0 aliphatic carbocycles. The van der Waals surface area contributed by atoms with Crippen molar-refractivity contribution in [3.63, 3.8) is 0 Å². The average Bonchev–Trinajstić information content (AvgIpc) is 2.43. The number of hydrogen-bond donors (Lipinski definition) is 1. The summed E-state index contributed by atoms with van der Waals surface area (Å²) in [5, 5.41) is 3.26. The van der Waals surface area contributed by atoms with Crippen molar-refractivity contribution in [2.24, 2.45) is 0 Å². The van der Waals surface area contributed by atoms with Crippen LogP contribution in [-0.4, -0.2) is 5.91 Å². The molecule has 1 amide bonds. The molecule has 0 bridgehead atoms. The van der Waals surface area contributed by atoms with Crippen LogP contribution in [0.5, 0.6) is 0 Å². The fourth-order valence-corrected chi connectivity index (χ4v) is 3.17. The summed E-state index contributed by atoms with van der Waals surface area (Å²) in [5.41, 5.74) is 4.21. The van der Waals surface area contributed by atoms with E-state index in [4.69, 9.17) is 11.6 Å². The minimum atomic E-state index is -0.369. The van der Waals surface area contributed by atoms with Gasteiger partial charge in [0.05, 0.1) is 0 Å². The van der Waals surface area contributed by atoms with Gasteiger partial charge in [0, 0.05) is 28.6 Å². The Labute approximate surface area is 127 Å². The van der Waals surface area contributed by atoms with E-state index >= 15 is 0 Å². The Morgan fingerprint density at radius 2 is 2.00 bits per heavy atom. The SMILES string of the molecule is Cc1ccc2c(c1C)NC(=O)C[C@H]2c1c(F)cccc1Cl. The molecule has 2 aromatic carbocycles. The van der Waals surface area contributed by atoms with Crippen LogP contribution in [0.4, 0.5) is 10.1 Å². The van der Waals surface area contributed by atoms with Crippen molar-refractivity contribution >= 4 is 23.2 Å². The molecular weight excluding hydrogens is 289 g/mol. The van der Waals surface area contributed by atoms with Gasteiger partial charge >= 0.3 is 0 Å². The number of benzene rings is 2. The van der Waals surface area contributed by atoms with Crippen LogP contribution < -0.4 is 5.32 Å². The van der Waals surface area contributed by atoms with Gasteiger partial charge in [-0.1, -0.05) is 29.8 Å². The van der Waals surface area contributed by atoms with Crippen molar-refractivity contribution in [1.82, 2.24) is 0 Å². The summed E-state index contributed by atoms with van der Waals surface area (Å²) in [4.78, 5) is 12.0. The average molecular weight is 304 g/mol. The third kappa shape index (κ3) is 2.32. The minimum Gasteiger partial charge on any atom is -0.326 e. The predicted octanol–water partition coefficient (Wildman–Crippen LogP) is 4.57. The smallest absolute Gasteiger partial charge is 0.225 e. The van der Waals surface area contributed by atoms with Crippen LogP contribution in [0.3, 0.4) is 0 Å². The quantitative estimate of drug-likeness (QED) is 0.821. The molecule has 0 spiro atoms. The van der Waals surface area contributed by atoms with Crippen molar-refractivity contribution < 1.29 is 9.18 Å². The van der Waals surface area contributed by atoms with Crippen molar-refractivity contribution in [2.75, 3.05) is 5.32 Å². The topological polar surface area (TPSA) is 29.1 Å². The van der Waals surface area contributed by atoms with Crippen molar-refractivity contribution in [2.45, 2.75) is 26.2 Å². The van der Waals surface area contributed by atoms with Gasteiger partial charge in [0.15, 0.2) is 0 Å². The van der Waals surface area contributed by atoms with Crippen LogP contribution in [0.25, 0.3) is 0 Å². The lowest BCUT2D eigenvalue weighted by molar-refractivity contribution is -0.116. The van der Waals surface area contributed by atoms with Gasteiger partial charge in [0.25, 0.3) is 0 Å². The zero-order chi connectivity index (χ0) is 15.1. The van der Waals surface area contributed by atoms with Crippen LogP contribution in [0.15, 0.2) is 30.3 Å². The van der Waals surface area contributed by atoms with E-state index in [-0.39, 0.29) is 24.1 Å². The third-order valence-electron chi connectivity index (χ3n) is 4.15. The van der Waals surface area contributed by atoms with E-state index in [0.717, 1.165) is 22.4 Å². The molecular formula is C17H15ClFNO. The van der Waals surface area contributed by atoms with E-state index in [1.54, 1.807) is 12.1 Å². The Balaban J connectivity index is 2.23. The summed E-state index contributed by atoms with van der Waals surface area (Å²) >= 11 is 6.18. The number of aryl methyl sites for hydroxylation is 1. The number of halogens is 2. The van der Waals surface area contributed by atoms with Crippen LogP contribution in [0.2, 0.25) is 5.02 Å². The first-order valence-electron chi connectivity index (χ1n) is 6.83. The van der Waals surface area contributed by atoms with Gasteiger partial charge in [0.1, 0.15) is 5.82 Å². The van der Waals surface area contributed by atoms with Crippen molar-refractivity contribution in [3.05, 3.63) is 63.4 Å². The molecule has 1 aliphatic heterocycles. The van der Waals surface area contributed by atoms with Gasteiger partial charge in [-0.3, -0.25) is 4.79 Å². The molecule has 0 aromatic heterocycles. The molecule has 1 N–H and O–H groups in total. The number of carbonyl (C=O) groups is 1. The van der Waals surface area contributed by atoms with Gasteiger partial charge in [-0.2, -0.15) is 0 Å². The number of hydrogen-bond acceptors (Lipinski definition) is 1. The zero-order valence-electron chi connectivity index (χ0n) is 11.8. The van der Waals surface area contributed by atoms with E-state index in [1.807, 2.05) is 26.0 Å². The molecule has 0 radical (unpaired) electrons. The Kier molecular flexibility index (Phi) is 3.46. The Bertz CT molecular complexity index is 722. The maximum absolute atomic E-state index is 14.2. The normalized spacial score (nSPS) is 17.3. The lowest BCUT2D eigenvalue weighted by atomic mass is 9.82. The molecule has 1 atom stereocenters. The van der Waals surface area contributed by atoms with Gasteiger partial charge in [-0.25, -0.2) is 4.39 Å². The van der Waals surface area contributed by atoms with Crippen LogP contribution in [0, 0.1) is 19.7 Å². The summed E-state index contributed by atoms with van der Waals surface area (Å²) in [6, 6.07) is 8.56. The zero-order valence-corrected chi connectivity index (χ0v) is 12.6. The predicted molar refractivity (Wildman–Crippen MR) is 82.4 cm³/mol. The molecule has 1 aliphatic rings. The highest BCUT2D eigenvalue weighted by Crippen LogP contribution is 2.42. The van der Waals surface area contributed by atoms with Crippen LogP contribution in [-0.2, 0) is 4.79 Å². The van der Waals surface area contributed by atoms with E-state index in [9.17, 15) is 9.18 Å². The summed E-state index contributed by atoms with van der Waals surface area (Å²) in [7, 11) is 0. The van der Waals surface area contributed by atoms with Crippen molar-refractivity contribution in [1.29, 1.82) is 0 Å². The van der Waals surface area contributed by atoms with Crippen molar-refractivity contribution in [3.8, 4) is 0 Å². The van der Waals surface area contributed by atoms with E-state index in [2.05, 4.69) is 5.32 Å². The molecule has 0 unspecified atom stereocenters. The first kappa shape index (κ1) is 14.1. The second kappa shape index (κ2) is 5.15. The molecule has 21 heavy (non-hydrogen) atoms. The number of amides is 1. The van der Waals surface area contributed by atoms with Crippen LogP contribution >= 0.6 is 11.6 Å². The van der Waals surface area contributed by atoms with Gasteiger partial charge in [-0.05, 0) is 42.7 Å². The fraction of sp³-hybridized carbons (Fsp3) is 0.235. The fourth-order valence-electron chi connectivity index (χ4n) is 2.88. The summed E-state index contributed by atoms with van der Waals surface area (Å²) in [6.07, 6.45) is 0.205. The number of rotatable bonds is 1. The third-order valence-corrected chi connectivity index (χ3v) is 4.48. The molecule has 2 aromatic rings. The molecule has 0 saturated heterocycles. The number of anilines is 1. The maximum Gasteiger partial charge on any atom is 0.225 e. The molecule has 0 fully saturated rings. The lowest BCUT2D eigenvalue weighted by Crippen LogP contribution is -2.25. The Hall–Kier alpha value is -1.87. The number of carbonyl (C=O) groups excluding carboxylic acids is 1. The summed E-state index contributed by atoms with van der Waals surface area (Å²) in [6.45, 7) is 3.95. The number of fused-ring (bicyclic) bond motifs is 1. The van der Waals surface area contributed by atoms with Gasteiger partial charge < -0.3 is 5.32 Å². The second-order valence-electron chi connectivity index (χ2n) is 5.41. The Morgan fingerprint density at radius 1 is 1.24 bits per heavy atom. The maximum atomic E-state index is 14.2. The van der Waals surface area contributed by atoms with E-state index in [0.29, 0.717) is 10.6 Å². The molecule has 2 nitrogen and oxygen atoms in total. The minimum absolute atomic E-state index is 0.111. The second-order valence-corrected chi connectivity index (χ2v) is 5.82. The molecule has 0 saturated carbocycles. The molecule has 1 heterocycles. The van der Waals surface area contributed by atoms with Gasteiger partial charge in [0.2, 0.25) is 5.91 Å². The standard InChI is InChI=1S/C17H15ClFNO/c1-9-6-7-11-12(8-15(21)20-17(11)10(9)2)16-13(18)4-3-5-14(16)19/h3-7,12H,8H2,1-2H3,(H,20,21)/t12-/m1/s1. The molecule has 108 valence electrons. The van der Waals surface area contributed by atoms with Crippen LogP contribution in [0.1, 0.15) is 34.6 Å². The highest BCUT2D eigenvalue weighted by Gasteiger charge is 2.31. The highest BCUT2D eigenvalue weighted by atomic mass is 35.5. The monoisotopic (exact) mass is 303 g/mol. The van der Waals surface area contributed by atoms with Gasteiger partial charge in [-0.15, -0.1) is 0 Å². The largest absolute Gasteiger partial charge is 0.326 e. The first-order chi connectivity index (χ1) is 9.99. The highest BCUT2D eigenvalue weighted by molar-refractivity contribution is 6.31. The van der Waals surface area contributed by atoms with E-state index in [1.165, 1.54) is 6.07 Å². The molecule has 4 heteroatoms.